The summed E-state index contributed by atoms with van der Waals surface area (Å²) in [5, 5.41) is 2.76. The van der Waals surface area contributed by atoms with Crippen molar-refractivity contribution in [1.82, 2.24) is 4.98 Å². The molecule has 1 aromatic rings. The van der Waals surface area contributed by atoms with E-state index in [-0.39, 0.29) is 5.13 Å². The van der Waals surface area contributed by atoms with Gasteiger partial charge in [0.2, 0.25) is 0 Å². The molecule has 7 heteroatoms. The Balaban J connectivity index is 3.44. The zero-order chi connectivity index (χ0) is 11.9. The van der Waals surface area contributed by atoms with Crippen molar-refractivity contribution in [3.05, 3.63) is 5.69 Å². The number of rotatable bonds is 2. The van der Waals surface area contributed by atoms with Crippen molar-refractivity contribution < 1.29 is 12.5 Å². The fourth-order valence-corrected chi connectivity index (χ4v) is 2.55. The Bertz CT molecular complexity index is 467. The molecule has 0 saturated heterocycles. The van der Waals surface area contributed by atoms with Crippen molar-refractivity contribution in [2.24, 2.45) is 0 Å². The number of halogens is 1. The Labute approximate surface area is 83.2 Å². The van der Waals surface area contributed by atoms with Crippen molar-refractivity contribution in [3.63, 3.8) is 0 Å². The van der Waals surface area contributed by atoms with Crippen molar-refractivity contribution in [3.8, 4) is 0 Å². The molecule has 4 nitrogen and oxygen atoms in total. The van der Waals surface area contributed by atoms with E-state index in [1.165, 1.54) is 7.05 Å². The molecule has 12 heavy (non-hydrogen) atoms. The summed E-state index contributed by atoms with van der Waals surface area (Å²) in [6, 6.07) is 0. The van der Waals surface area contributed by atoms with Crippen molar-refractivity contribution in [2.45, 2.75) is 11.1 Å². The van der Waals surface area contributed by atoms with Gasteiger partial charge in [0.25, 0.3) is 9.05 Å². The summed E-state index contributed by atoms with van der Waals surface area (Å²) >= 11 is 0.691. The maximum absolute atomic E-state index is 11.1. The molecule has 0 spiro atoms. The van der Waals surface area contributed by atoms with Crippen LogP contribution >= 0.6 is 22.0 Å². The van der Waals surface area contributed by atoms with Crippen LogP contribution in [-0.4, -0.2) is 20.4 Å². The van der Waals surface area contributed by atoms with Crippen LogP contribution in [0.25, 0.3) is 0 Å². The molecule has 1 rings (SSSR count). The Morgan fingerprint density at radius 1 is 1.75 bits per heavy atom. The van der Waals surface area contributed by atoms with Gasteiger partial charge in [0.15, 0.2) is 9.34 Å². The first-order valence-electron chi connectivity index (χ1n) is 4.30. The highest BCUT2D eigenvalue weighted by Crippen LogP contribution is 2.29. The van der Waals surface area contributed by atoms with Crippen molar-refractivity contribution in [2.75, 3.05) is 12.4 Å². The van der Waals surface area contributed by atoms with E-state index in [1.54, 1.807) is 0 Å². The predicted molar refractivity (Wildman–Crippen MR) is 49.4 cm³/mol. The zero-order valence-electron chi connectivity index (χ0n) is 8.96. The summed E-state index contributed by atoms with van der Waals surface area (Å²) in [5.74, 6) is 0. The molecule has 0 aliphatic rings. The lowest BCUT2D eigenvalue weighted by molar-refractivity contribution is 0.610. The number of nitrogens with one attached hydrogen (secondary N) is 1. The summed E-state index contributed by atoms with van der Waals surface area (Å²) < 4.78 is 43.1. The second kappa shape index (κ2) is 3.20. The van der Waals surface area contributed by atoms with Crippen LogP contribution < -0.4 is 5.32 Å². The normalized spacial score (nSPS) is 16.3. The number of aromatic nitrogens is 1. The number of nitrogens with zero attached hydrogens (tertiary/aromatic N) is 1. The second-order valence-electron chi connectivity index (χ2n) is 1.84. The van der Waals surface area contributed by atoms with Crippen LogP contribution in [0.4, 0.5) is 5.13 Å². The van der Waals surface area contributed by atoms with Gasteiger partial charge in [-0.15, -0.1) is 0 Å². The highest BCUT2D eigenvalue weighted by molar-refractivity contribution is 8.15. The molecule has 0 aliphatic carbocycles. The van der Waals surface area contributed by atoms with Crippen LogP contribution in [-0.2, 0) is 9.05 Å². The van der Waals surface area contributed by atoms with Crippen molar-refractivity contribution >= 4 is 36.2 Å². The highest BCUT2D eigenvalue weighted by Gasteiger charge is 2.18. The molecule has 0 fully saturated rings. The van der Waals surface area contributed by atoms with Gasteiger partial charge in [-0.1, -0.05) is 11.3 Å². The molecule has 0 radical (unpaired) electrons. The van der Waals surface area contributed by atoms with E-state index in [4.69, 9.17) is 14.8 Å². The highest BCUT2D eigenvalue weighted by atomic mass is 35.7. The lowest BCUT2D eigenvalue weighted by atomic mass is 10.6. The number of thiazole rings is 1. The fourth-order valence-electron chi connectivity index (χ4n) is 0.578. The molecular weight excluding hydrogens is 220 g/mol. The average molecular weight is 230 g/mol. The molecule has 0 bridgehead atoms. The van der Waals surface area contributed by atoms with Crippen LogP contribution in [0.1, 0.15) is 9.81 Å². The molecule has 0 unspecified atom stereocenters. The Kier molecular flexibility index (Phi) is 1.64. The first-order valence-corrected chi connectivity index (χ1v) is 5.92. The molecule has 0 atom stereocenters. The summed E-state index contributed by atoms with van der Waals surface area (Å²) in [6.07, 6.45) is 0. The Morgan fingerprint density at radius 3 is 2.75 bits per heavy atom. The minimum absolute atomic E-state index is 0.195. The number of hydrogen-bond donors (Lipinski definition) is 1. The van der Waals surface area contributed by atoms with Gasteiger partial charge in [-0.3, -0.25) is 0 Å². The van der Waals surface area contributed by atoms with Gasteiger partial charge in [0, 0.05) is 21.8 Å². The molecule has 1 heterocycles. The average Bonchev–Trinajstić information content (AvgIpc) is 2.44. The van der Waals surface area contributed by atoms with Gasteiger partial charge >= 0.3 is 0 Å². The molecular formula is C5H7ClN2O2S2. The van der Waals surface area contributed by atoms with Gasteiger partial charge in [-0.05, 0) is 6.85 Å². The molecule has 1 N–H and O–H groups in total. The topological polar surface area (TPSA) is 59.1 Å². The third kappa shape index (κ3) is 1.88. The van der Waals surface area contributed by atoms with Gasteiger partial charge in [0.1, 0.15) is 0 Å². The summed E-state index contributed by atoms with van der Waals surface area (Å²) in [7, 11) is 2.53. The molecule has 1 aromatic heterocycles. The van der Waals surface area contributed by atoms with Crippen LogP contribution in [0.15, 0.2) is 4.21 Å². The number of anilines is 1. The number of hydrogen-bond acceptors (Lipinski definition) is 5. The molecule has 0 aromatic carbocycles. The zero-order valence-corrected chi connectivity index (χ0v) is 8.35. The third-order valence-electron chi connectivity index (χ3n) is 1.03. The predicted octanol–water partition coefficient (Wildman–Crippen LogP) is 1.42. The molecule has 0 saturated carbocycles. The lowest BCUT2D eigenvalue weighted by Crippen LogP contribution is -1.88. The SMILES string of the molecule is [2H]C([2H])([2H])c1nc(NC)sc1S(=O)(=O)Cl. The summed E-state index contributed by atoms with van der Waals surface area (Å²) in [6.45, 7) is -2.59. The molecule has 0 aliphatic heterocycles. The third-order valence-corrected chi connectivity index (χ3v) is 4.18. The van der Waals surface area contributed by atoms with Crippen LogP contribution in [0.5, 0.6) is 0 Å². The largest absolute Gasteiger partial charge is 0.365 e. The van der Waals surface area contributed by atoms with E-state index in [0.717, 1.165) is 0 Å². The van der Waals surface area contributed by atoms with E-state index in [2.05, 4.69) is 10.3 Å². The monoisotopic (exact) mass is 229 g/mol. The lowest BCUT2D eigenvalue weighted by Gasteiger charge is -1.87. The quantitative estimate of drug-likeness (QED) is 0.780. The minimum Gasteiger partial charge on any atom is -0.365 e. The van der Waals surface area contributed by atoms with Gasteiger partial charge in [-0.2, -0.15) is 0 Å². The maximum atomic E-state index is 11.1. The van der Waals surface area contributed by atoms with E-state index in [0.29, 0.717) is 11.3 Å². The summed E-state index contributed by atoms with van der Waals surface area (Å²) in [4.78, 5) is 3.65. The maximum Gasteiger partial charge on any atom is 0.272 e. The first-order chi connectivity index (χ1) is 6.66. The Hall–Kier alpha value is -0.330. The number of aryl methyl sites for hydroxylation is 1. The van der Waals surface area contributed by atoms with E-state index in [1.807, 2.05) is 0 Å². The fraction of sp³-hybridized carbons (Fsp3) is 0.400. The molecule has 0 amide bonds. The van der Waals surface area contributed by atoms with Gasteiger partial charge in [-0.25, -0.2) is 13.4 Å². The van der Waals surface area contributed by atoms with Crippen LogP contribution in [0.2, 0.25) is 0 Å². The molecule has 68 valence electrons. The minimum atomic E-state index is -4.08. The smallest absolute Gasteiger partial charge is 0.272 e. The Morgan fingerprint density at radius 2 is 2.42 bits per heavy atom. The van der Waals surface area contributed by atoms with Gasteiger partial charge < -0.3 is 5.32 Å². The summed E-state index contributed by atoms with van der Waals surface area (Å²) in [5.41, 5.74) is -0.494. The van der Waals surface area contributed by atoms with E-state index in [9.17, 15) is 8.42 Å². The first kappa shape index (κ1) is 6.17. The second-order valence-corrected chi connectivity index (χ2v) is 5.60. The van der Waals surface area contributed by atoms with E-state index < -0.39 is 25.8 Å². The van der Waals surface area contributed by atoms with Crippen LogP contribution in [0.3, 0.4) is 0 Å². The van der Waals surface area contributed by atoms with Crippen LogP contribution in [0, 0.1) is 6.85 Å². The standard InChI is InChI=1S/C5H7ClN2O2S2/c1-3-4(12(6,9)10)11-5(7-2)8-3/h1-2H3,(H,7,8)/i1D3. The van der Waals surface area contributed by atoms with E-state index >= 15 is 0 Å². The van der Waals surface area contributed by atoms with Gasteiger partial charge in [0.05, 0.1) is 5.69 Å². The van der Waals surface area contributed by atoms with Crippen molar-refractivity contribution in [1.29, 1.82) is 0 Å².